The highest BCUT2D eigenvalue weighted by Gasteiger charge is 2.26. The van der Waals surface area contributed by atoms with E-state index in [2.05, 4.69) is 4.72 Å². The van der Waals surface area contributed by atoms with Crippen LogP contribution in [0.3, 0.4) is 0 Å². The maximum atomic E-state index is 12.7. The monoisotopic (exact) mass is 373 g/mol. The second-order valence-electron chi connectivity index (χ2n) is 6.33. The van der Waals surface area contributed by atoms with Crippen LogP contribution >= 0.6 is 0 Å². The van der Waals surface area contributed by atoms with Gasteiger partial charge in [-0.25, -0.2) is 8.42 Å². The lowest BCUT2D eigenvalue weighted by molar-refractivity contribution is 0.357. The van der Waals surface area contributed by atoms with E-state index in [1.807, 2.05) is 24.3 Å². The number of hydrogen-bond acceptors (Lipinski definition) is 5. The van der Waals surface area contributed by atoms with Crippen molar-refractivity contribution in [3.63, 3.8) is 0 Å². The van der Waals surface area contributed by atoms with E-state index in [4.69, 9.17) is 0 Å². The van der Waals surface area contributed by atoms with Crippen molar-refractivity contribution in [3.8, 4) is 17.2 Å². The zero-order valence-electron chi connectivity index (χ0n) is 14.3. The van der Waals surface area contributed by atoms with Crippen molar-refractivity contribution in [2.75, 3.05) is 4.72 Å². The molecule has 0 heterocycles. The van der Waals surface area contributed by atoms with E-state index in [1.54, 1.807) is 32.0 Å². The first kappa shape index (κ1) is 17.9. The van der Waals surface area contributed by atoms with Gasteiger partial charge in [0.1, 0.15) is 4.90 Å². The average molecular weight is 373 g/mol. The molecule has 0 atom stereocenters. The number of phenols is 3. The van der Waals surface area contributed by atoms with Crippen LogP contribution in [-0.4, -0.2) is 23.7 Å². The summed E-state index contributed by atoms with van der Waals surface area (Å²) in [5.74, 6) is -2.52. The van der Waals surface area contributed by atoms with Gasteiger partial charge in [0.25, 0.3) is 10.0 Å². The van der Waals surface area contributed by atoms with Gasteiger partial charge in [0, 0.05) is 11.3 Å². The summed E-state index contributed by atoms with van der Waals surface area (Å²) in [5, 5.41) is 31.7. The van der Waals surface area contributed by atoms with Crippen LogP contribution in [0, 0.1) is 0 Å². The molecule has 0 aliphatic rings. The lowest BCUT2D eigenvalue weighted by Crippen LogP contribution is -2.14. The van der Waals surface area contributed by atoms with Crippen molar-refractivity contribution in [1.29, 1.82) is 0 Å². The first-order chi connectivity index (χ1) is 12.2. The second-order valence-corrected chi connectivity index (χ2v) is 7.98. The largest absolute Gasteiger partial charge is 0.504 e. The summed E-state index contributed by atoms with van der Waals surface area (Å²) in [5.41, 5.74) is 0.543. The summed E-state index contributed by atoms with van der Waals surface area (Å²) >= 11 is 0. The standard InChI is InChI=1S/C19H19NO5S/c1-11(2)15-10-16(18(22)19(23)17(15)21)26(24,25)20-14-8-7-12-5-3-4-6-13(12)9-14/h3-11,20-23H,1-2H3. The van der Waals surface area contributed by atoms with Gasteiger partial charge in [-0.1, -0.05) is 44.2 Å². The topological polar surface area (TPSA) is 107 Å². The van der Waals surface area contributed by atoms with Gasteiger partial charge in [0.05, 0.1) is 0 Å². The molecule has 0 aliphatic carbocycles. The van der Waals surface area contributed by atoms with Gasteiger partial charge in [-0.3, -0.25) is 4.72 Å². The highest BCUT2D eigenvalue weighted by atomic mass is 32.2. The number of fused-ring (bicyclic) bond motifs is 1. The lowest BCUT2D eigenvalue weighted by Gasteiger charge is -2.16. The molecule has 3 rings (SSSR count). The molecule has 4 N–H and O–H groups in total. The Morgan fingerprint density at radius 1 is 0.846 bits per heavy atom. The third kappa shape index (κ3) is 3.13. The number of anilines is 1. The predicted molar refractivity (Wildman–Crippen MR) is 100 cm³/mol. The Hall–Kier alpha value is -2.93. The molecule has 3 aromatic carbocycles. The summed E-state index contributed by atoms with van der Waals surface area (Å²) in [6, 6.07) is 13.7. The molecule has 0 aliphatic heterocycles. The summed E-state index contributed by atoms with van der Waals surface area (Å²) < 4.78 is 27.9. The molecular weight excluding hydrogens is 354 g/mol. The summed E-state index contributed by atoms with van der Waals surface area (Å²) in [6.07, 6.45) is 0. The van der Waals surface area contributed by atoms with E-state index in [0.717, 1.165) is 10.8 Å². The highest BCUT2D eigenvalue weighted by Crippen LogP contribution is 2.45. The fourth-order valence-electron chi connectivity index (χ4n) is 2.75. The first-order valence-corrected chi connectivity index (χ1v) is 9.48. The molecule has 0 bridgehead atoms. The predicted octanol–water partition coefficient (Wildman–Crippen LogP) is 3.88. The van der Waals surface area contributed by atoms with Crippen LogP contribution in [0.15, 0.2) is 53.4 Å². The third-order valence-corrected chi connectivity index (χ3v) is 5.55. The van der Waals surface area contributed by atoms with Crippen LogP contribution in [0.5, 0.6) is 17.2 Å². The van der Waals surface area contributed by atoms with Gasteiger partial charge < -0.3 is 15.3 Å². The Morgan fingerprint density at radius 3 is 2.15 bits per heavy atom. The summed E-state index contributed by atoms with van der Waals surface area (Å²) in [4.78, 5) is -0.496. The quantitative estimate of drug-likeness (QED) is 0.519. The Kier molecular flexibility index (Phi) is 4.41. The Bertz CT molecular complexity index is 1090. The van der Waals surface area contributed by atoms with E-state index in [0.29, 0.717) is 5.69 Å². The number of sulfonamides is 1. The van der Waals surface area contributed by atoms with E-state index in [1.165, 1.54) is 6.07 Å². The zero-order chi connectivity index (χ0) is 19.1. The number of rotatable bonds is 4. The van der Waals surface area contributed by atoms with E-state index in [9.17, 15) is 23.7 Å². The number of aromatic hydroxyl groups is 3. The number of nitrogens with one attached hydrogen (secondary N) is 1. The van der Waals surface area contributed by atoms with Crippen LogP contribution in [0.2, 0.25) is 0 Å². The number of phenolic OH excluding ortho intramolecular Hbond substituents is 3. The fraction of sp³-hybridized carbons (Fsp3) is 0.158. The average Bonchev–Trinajstić information content (AvgIpc) is 2.58. The van der Waals surface area contributed by atoms with Crippen LogP contribution in [0.25, 0.3) is 10.8 Å². The Morgan fingerprint density at radius 2 is 1.50 bits per heavy atom. The smallest absolute Gasteiger partial charge is 0.265 e. The summed E-state index contributed by atoms with van der Waals surface area (Å²) in [7, 11) is -4.18. The molecular formula is C19H19NO5S. The first-order valence-electron chi connectivity index (χ1n) is 8.00. The molecule has 0 aromatic heterocycles. The minimum atomic E-state index is -4.18. The maximum absolute atomic E-state index is 12.7. The summed E-state index contributed by atoms with van der Waals surface area (Å²) in [6.45, 7) is 3.47. The van der Waals surface area contributed by atoms with E-state index < -0.39 is 32.2 Å². The van der Waals surface area contributed by atoms with Gasteiger partial charge in [0.15, 0.2) is 11.5 Å². The van der Waals surface area contributed by atoms with Gasteiger partial charge in [0.2, 0.25) is 5.75 Å². The molecule has 0 saturated carbocycles. The molecule has 0 saturated heterocycles. The third-order valence-electron chi connectivity index (χ3n) is 4.16. The molecule has 3 aromatic rings. The highest BCUT2D eigenvalue weighted by molar-refractivity contribution is 7.92. The lowest BCUT2D eigenvalue weighted by atomic mass is 10.0. The number of hydrogen-bond donors (Lipinski definition) is 4. The van der Waals surface area contributed by atoms with E-state index >= 15 is 0 Å². The van der Waals surface area contributed by atoms with Crippen LogP contribution in [0.1, 0.15) is 25.3 Å². The molecule has 7 heteroatoms. The van der Waals surface area contributed by atoms with Crippen molar-refractivity contribution >= 4 is 26.5 Å². The normalized spacial score (nSPS) is 11.8. The second kappa shape index (κ2) is 6.42. The van der Waals surface area contributed by atoms with Gasteiger partial charge in [-0.15, -0.1) is 0 Å². The van der Waals surface area contributed by atoms with Crippen molar-refractivity contribution < 1.29 is 23.7 Å². The molecule has 6 nitrogen and oxygen atoms in total. The molecule has 0 fully saturated rings. The Balaban J connectivity index is 2.07. The number of benzene rings is 3. The van der Waals surface area contributed by atoms with Crippen LogP contribution < -0.4 is 4.72 Å². The van der Waals surface area contributed by atoms with E-state index in [-0.39, 0.29) is 11.5 Å². The molecule has 0 spiro atoms. The minimum Gasteiger partial charge on any atom is -0.504 e. The molecule has 26 heavy (non-hydrogen) atoms. The zero-order valence-corrected chi connectivity index (χ0v) is 15.1. The molecule has 0 amide bonds. The SMILES string of the molecule is CC(C)c1cc(S(=O)(=O)Nc2ccc3ccccc3c2)c(O)c(O)c1O. The van der Waals surface area contributed by atoms with Crippen molar-refractivity contribution in [1.82, 2.24) is 0 Å². The van der Waals surface area contributed by atoms with Crippen molar-refractivity contribution in [3.05, 3.63) is 54.1 Å². The van der Waals surface area contributed by atoms with Gasteiger partial charge in [-0.05, 0) is 34.9 Å². The minimum absolute atomic E-state index is 0.221. The van der Waals surface area contributed by atoms with Crippen molar-refractivity contribution in [2.24, 2.45) is 0 Å². The molecule has 0 unspecified atom stereocenters. The van der Waals surface area contributed by atoms with Crippen LogP contribution in [0.4, 0.5) is 5.69 Å². The fourth-order valence-corrected chi connectivity index (χ4v) is 3.93. The van der Waals surface area contributed by atoms with Crippen molar-refractivity contribution in [2.45, 2.75) is 24.7 Å². The molecule has 136 valence electrons. The maximum Gasteiger partial charge on any atom is 0.265 e. The Labute approximate surface area is 151 Å². The van der Waals surface area contributed by atoms with Crippen LogP contribution in [-0.2, 0) is 10.0 Å². The van der Waals surface area contributed by atoms with Gasteiger partial charge >= 0.3 is 0 Å². The molecule has 0 radical (unpaired) electrons. The van der Waals surface area contributed by atoms with Gasteiger partial charge in [-0.2, -0.15) is 0 Å².